The first-order valence-corrected chi connectivity index (χ1v) is 7.87. The zero-order valence-electron chi connectivity index (χ0n) is 13.6. The van der Waals surface area contributed by atoms with Gasteiger partial charge in [0.25, 0.3) is 0 Å². The van der Waals surface area contributed by atoms with Crippen LogP contribution in [0.3, 0.4) is 0 Å². The van der Waals surface area contributed by atoms with Crippen molar-refractivity contribution in [1.29, 1.82) is 0 Å². The quantitative estimate of drug-likeness (QED) is 0.934. The Balaban J connectivity index is 1.66. The molecule has 2 aromatic rings. The summed E-state index contributed by atoms with van der Waals surface area (Å²) in [5.74, 6) is 0.825. The van der Waals surface area contributed by atoms with Crippen LogP contribution in [0.4, 0.5) is 5.95 Å². The summed E-state index contributed by atoms with van der Waals surface area (Å²) in [6.07, 6.45) is 6.17. The van der Waals surface area contributed by atoms with Gasteiger partial charge in [0, 0.05) is 49.3 Å². The van der Waals surface area contributed by atoms with E-state index in [4.69, 9.17) is 0 Å². The van der Waals surface area contributed by atoms with E-state index < -0.39 is 0 Å². The molecule has 0 radical (unpaired) electrons. The van der Waals surface area contributed by atoms with Gasteiger partial charge in [-0.1, -0.05) is 0 Å². The smallest absolute Gasteiger partial charge is 0.225 e. The molecule has 1 fully saturated rings. The molecule has 3 heterocycles. The standard InChI is InChI=1S/C16H24N6/c1-12-6-7-17-16(19-12)21(3)15-5-4-8-22(11-15)10-14-9-18-20-13(14)2/h6-7,9,15H,4-5,8,10-11H2,1-3H3,(H,18,20). The number of likely N-dealkylation sites (N-methyl/N-ethyl adjacent to an activating group) is 1. The van der Waals surface area contributed by atoms with Crippen LogP contribution in [0, 0.1) is 13.8 Å². The van der Waals surface area contributed by atoms with Gasteiger partial charge in [-0.3, -0.25) is 10.00 Å². The monoisotopic (exact) mass is 300 g/mol. The Labute approximate surface area is 131 Å². The molecule has 1 unspecified atom stereocenters. The van der Waals surface area contributed by atoms with Crippen molar-refractivity contribution in [2.45, 2.75) is 39.3 Å². The molecule has 1 saturated heterocycles. The molecule has 1 atom stereocenters. The number of aromatic amines is 1. The summed E-state index contributed by atoms with van der Waals surface area (Å²) in [6, 6.07) is 2.40. The van der Waals surface area contributed by atoms with Gasteiger partial charge in [-0.15, -0.1) is 0 Å². The second kappa shape index (κ2) is 6.44. The first kappa shape index (κ1) is 15.0. The maximum atomic E-state index is 4.54. The van der Waals surface area contributed by atoms with Crippen LogP contribution in [0.15, 0.2) is 18.5 Å². The Hall–Kier alpha value is -1.95. The van der Waals surface area contributed by atoms with Crippen molar-refractivity contribution < 1.29 is 0 Å². The van der Waals surface area contributed by atoms with Gasteiger partial charge >= 0.3 is 0 Å². The van der Waals surface area contributed by atoms with Crippen LogP contribution in [-0.4, -0.2) is 51.2 Å². The molecule has 22 heavy (non-hydrogen) atoms. The fourth-order valence-electron chi connectivity index (χ4n) is 3.04. The van der Waals surface area contributed by atoms with Gasteiger partial charge in [-0.05, 0) is 39.3 Å². The van der Waals surface area contributed by atoms with Gasteiger partial charge in [0.1, 0.15) is 0 Å². The van der Waals surface area contributed by atoms with Crippen molar-refractivity contribution in [3.05, 3.63) is 35.4 Å². The van der Waals surface area contributed by atoms with Gasteiger partial charge in [0.15, 0.2) is 0 Å². The molecule has 2 aromatic heterocycles. The first-order chi connectivity index (χ1) is 10.6. The van der Waals surface area contributed by atoms with E-state index in [2.05, 4.69) is 43.9 Å². The van der Waals surface area contributed by atoms with Crippen molar-refractivity contribution >= 4 is 5.95 Å². The molecule has 0 aromatic carbocycles. The van der Waals surface area contributed by atoms with E-state index in [0.29, 0.717) is 6.04 Å². The number of piperidine rings is 1. The highest BCUT2D eigenvalue weighted by atomic mass is 15.3. The lowest BCUT2D eigenvalue weighted by atomic mass is 10.0. The number of nitrogens with zero attached hydrogens (tertiary/aromatic N) is 5. The molecule has 0 spiro atoms. The SMILES string of the molecule is Cc1ccnc(N(C)C2CCCN(Cc3cn[nH]c3C)C2)n1. The van der Waals surface area contributed by atoms with Crippen LogP contribution < -0.4 is 4.90 Å². The Morgan fingerprint density at radius 2 is 2.27 bits per heavy atom. The van der Waals surface area contributed by atoms with Crippen LogP contribution in [0.25, 0.3) is 0 Å². The zero-order chi connectivity index (χ0) is 15.5. The Morgan fingerprint density at radius 3 is 3.00 bits per heavy atom. The zero-order valence-corrected chi connectivity index (χ0v) is 13.6. The van der Waals surface area contributed by atoms with E-state index in [-0.39, 0.29) is 0 Å². The summed E-state index contributed by atoms with van der Waals surface area (Å²) in [5.41, 5.74) is 3.46. The van der Waals surface area contributed by atoms with E-state index in [9.17, 15) is 0 Å². The molecule has 0 bridgehead atoms. The average molecular weight is 300 g/mol. The molecule has 1 aliphatic rings. The van der Waals surface area contributed by atoms with Gasteiger partial charge in [0.05, 0.1) is 6.20 Å². The van der Waals surface area contributed by atoms with E-state index in [0.717, 1.165) is 37.0 Å². The molecule has 0 amide bonds. The van der Waals surface area contributed by atoms with Crippen molar-refractivity contribution in [2.75, 3.05) is 25.0 Å². The fourth-order valence-corrected chi connectivity index (χ4v) is 3.04. The van der Waals surface area contributed by atoms with Crippen molar-refractivity contribution in [3.63, 3.8) is 0 Å². The van der Waals surface area contributed by atoms with Crippen molar-refractivity contribution in [1.82, 2.24) is 25.1 Å². The molecule has 1 aliphatic heterocycles. The first-order valence-electron chi connectivity index (χ1n) is 7.87. The number of aromatic nitrogens is 4. The lowest BCUT2D eigenvalue weighted by Gasteiger charge is -2.37. The number of H-pyrrole nitrogens is 1. The predicted molar refractivity (Wildman–Crippen MR) is 86.8 cm³/mol. The maximum absolute atomic E-state index is 4.54. The van der Waals surface area contributed by atoms with Crippen molar-refractivity contribution in [3.8, 4) is 0 Å². The number of rotatable bonds is 4. The Bertz CT molecular complexity index is 623. The van der Waals surface area contributed by atoms with Gasteiger partial charge in [0.2, 0.25) is 5.95 Å². The number of likely N-dealkylation sites (tertiary alicyclic amines) is 1. The molecule has 0 aliphatic carbocycles. The maximum Gasteiger partial charge on any atom is 0.225 e. The van der Waals surface area contributed by atoms with Gasteiger partial charge in [-0.2, -0.15) is 5.10 Å². The molecule has 118 valence electrons. The summed E-state index contributed by atoms with van der Waals surface area (Å²) in [5, 5.41) is 7.13. The highest BCUT2D eigenvalue weighted by Crippen LogP contribution is 2.20. The Morgan fingerprint density at radius 1 is 1.41 bits per heavy atom. The molecule has 3 rings (SSSR count). The number of aryl methyl sites for hydroxylation is 2. The normalized spacial score (nSPS) is 19.3. The third-order valence-corrected chi connectivity index (χ3v) is 4.45. The summed E-state index contributed by atoms with van der Waals surface area (Å²) in [6.45, 7) is 7.23. The number of hydrogen-bond acceptors (Lipinski definition) is 5. The Kier molecular flexibility index (Phi) is 4.38. The second-order valence-corrected chi connectivity index (χ2v) is 6.16. The number of anilines is 1. The second-order valence-electron chi connectivity index (χ2n) is 6.16. The minimum Gasteiger partial charge on any atom is -0.340 e. The van der Waals surface area contributed by atoms with E-state index in [1.54, 1.807) is 0 Å². The van der Waals surface area contributed by atoms with Crippen LogP contribution in [0.5, 0.6) is 0 Å². The molecule has 0 saturated carbocycles. The number of nitrogens with one attached hydrogen (secondary N) is 1. The molecular formula is C16H24N6. The minimum absolute atomic E-state index is 0.461. The highest BCUT2D eigenvalue weighted by Gasteiger charge is 2.25. The van der Waals surface area contributed by atoms with Gasteiger partial charge < -0.3 is 4.90 Å². The third-order valence-electron chi connectivity index (χ3n) is 4.45. The predicted octanol–water partition coefficient (Wildman–Crippen LogP) is 1.92. The van der Waals surface area contributed by atoms with Crippen LogP contribution in [0.2, 0.25) is 0 Å². The van der Waals surface area contributed by atoms with E-state index in [1.807, 2.05) is 25.4 Å². The summed E-state index contributed by atoms with van der Waals surface area (Å²) < 4.78 is 0. The molecular weight excluding hydrogens is 276 g/mol. The van der Waals surface area contributed by atoms with Gasteiger partial charge in [-0.25, -0.2) is 9.97 Å². The minimum atomic E-state index is 0.461. The summed E-state index contributed by atoms with van der Waals surface area (Å²) in [4.78, 5) is 13.7. The molecule has 6 heteroatoms. The fraction of sp³-hybridized carbons (Fsp3) is 0.562. The lowest BCUT2D eigenvalue weighted by molar-refractivity contribution is 0.198. The van der Waals surface area contributed by atoms with Crippen LogP contribution in [0.1, 0.15) is 29.8 Å². The highest BCUT2D eigenvalue weighted by molar-refractivity contribution is 5.31. The summed E-state index contributed by atoms with van der Waals surface area (Å²) in [7, 11) is 2.10. The van der Waals surface area contributed by atoms with Crippen molar-refractivity contribution in [2.24, 2.45) is 0 Å². The number of hydrogen-bond donors (Lipinski definition) is 1. The van der Waals surface area contributed by atoms with E-state index in [1.165, 1.54) is 18.4 Å². The third kappa shape index (κ3) is 3.27. The molecule has 1 N–H and O–H groups in total. The lowest BCUT2D eigenvalue weighted by Crippen LogP contribution is -2.46. The van der Waals surface area contributed by atoms with E-state index >= 15 is 0 Å². The molecule has 6 nitrogen and oxygen atoms in total. The summed E-state index contributed by atoms with van der Waals surface area (Å²) >= 11 is 0. The average Bonchev–Trinajstić information content (AvgIpc) is 2.92. The largest absolute Gasteiger partial charge is 0.340 e. The topological polar surface area (TPSA) is 60.9 Å². The van der Waals surface area contributed by atoms with Crippen LogP contribution in [-0.2, 0) is 6.54 Å². The van der Waals surface area contributed by atoms with Crippen LogP contribution >= 0.6 is 0 Å².